The molecule has 1 N–H and O–H groups in total. The Morgan fingerprint density at radius 2 is 1.76 bits per heavy atom. The number of aromatic carboxylic acids is 1. The zero-order valence-electron chi connectivity index (χ0n) is 10.8. The molecule has 0 fully saturated rings. The summed E-state index contributed by atoms with van der Waals surface area (Å²) in [5.41, 5.74) is -0.108. The van der Waals surface area contributed by atoms with Gasteiger partial charge in [-0.2, -0.15) is 13.2 Å². The van der Waals surface area contributed by atoms with Crippen molar-refractivity contribution in [1.82, 2.24) is 4.98 Å². The van der Waals surface area contributed by atoms with Crippen LogP contribution in [-0.4, -0.2) is 23.2 Å². The first kappa shape index (κ1) is 14.8. The zero-order chi connectivity index (χ0) is 15.6. The van der Waals surface area contributed by atoms with Gasteiger partial charge in [0.15, 0.2) is 5.69 Å². The summed E-state index contributed by atoms with van der Waals surface area (Å²) in [4.78, 5) is 14.6. The summed E-state index contributed by atoms with van der Waals surface area (Å²) in [7, 11) is 1.31. The van der Waals surface area contributed by atoms with Crippen molar-refractivity contribution < 1.29 is 27.8 Å². The van der Waals surface area contributed by atoms with Crippen LogP contribution in [0.15, 0.2) is 36.4 Å². The highest BCUT2D eigenvalue weighted by atomic mass is 19.4. The second kappa shape index (κ2) is 5.43. The summed E-state index contributed by atoms with van der Waals surface area (Å²) in [5, 5.41) is 8.85. The van der Waals surface area contributed by atoms with Crippen molar-refractivity contribution >= 4 is 5.97 Å². The summed E-state index contributed by atoms with van der Waals surface area (Å²) in [6.07, 6.45) is -4.41. The number of benzene rings is 1. The molecule has 2 aromatic rings. The molecule has 0 saturated carbocycles. The molecule has 4 nitrogen and oxygen atoms in total. The average molecular weight is 297 g/mol. The molecule has 0 aliphatic carbocycles. The van der Waals surface area contributed by atoms with Gasteiger partial charge in [-0.05, 0) is 29.8 Å². The van der Waals surface area contributed by atoms with E-state index in [1.807, 2.05) is 0 Å². The molecule has 0 aliphatic heterocycles. The number of ether oxygens (including phenoxy) is 1. The monoisotopic (exact) mass is 297 g/mol. The number of halogens is 3. The predicted octanol–water partition coefficient (Wildman–Crippen LogP) is 3.47. The molecular formula is C14H10F3NO3. The molecule has 7 heteroatoms. The van der Waals surface area contributed by atoms with Gasteiger partial charge in [0.1, 0.15) is 0 Å². The number of pyridine rings is 1. The van der Waals surface area contributed by atoms with Gasteiger partial charge in [0, 0.05) is 5.56 Å². The minimum absolute atomic E-state index is 0.0367. The smallest absolute Gasteiger partial charge is 0.416 e. The van der Waals surface area contributed by atoms with Crippen molar-refractivity contribution in [2.45, 2.75) is 6.18 Å². The first-order chi connectivity index (χ1) is 9.82. The Hall–Kier alpha value is -2.57. The molecule has 1 aromatic carbocycles. The van der Waals surface area contributed by atoms with E-state index in [2.05, 4.69) is 4.98 Å². The van der Waals surface area contributed by atoms with Gasteiger partial charge >= 0.3 is 12.1 Å². The summed E-state index contributed by atoms with van der Waals surface area (Å²) < 4.78 is 42.5. The van der Waals surface area contributed by atoms with Crippen molar-refractivity contribution in [3.05, 3.63) is 47.7 Å². The molecule has 0 amide bonds. The molecule has 110 valence electrons. The fourth-order valence-electron chi connectivity index (χ4n) is 1.77. The molecule has 0 aliphatic rings. The first-order valence-electron chi connectivity index (χ1n) is 5.79. The van der Waals surface area contributed by atoms with E-state index in [4.69, 9.17) is 9.84 Å². The molecule has 0 spiro atoms. The second-order valence-electron chi connectivity index (χ2n) is 4.13. The van der Waals surface area contributed by atoms with Crippen LogP contribution in [0.4, 0.5) is 13.2 Å². The van der Waals surface area contributed by atoms with Crippen LogP contribution in [0.5, 0.6) is 5.88 Å². The molecule has 0 radical (unpaired) electrons. The van der Waals surface area contributed by atoms with Crippen LogP contribution in [0.2, 0.25) is 0 Å². The Labute approximate surface area is 117 Å². The third-order valence-corrected chi connectivity index (χ3v) is 2.80. The van der Waals surface area contributed by atoms with Crippen LogP contribution in [-0.2, 0) is 6.18 Å². The maximum Gasteiger partial charge on any atom is 0.416 e. The van der Waals surface area contributed by atoms with Crippen molar-refractivity contribution in [2.24, 2.45) is 0 Å². The summed E-state index contributed by atoms with van der Waals surface area (Å²) in [5.74, 6) is -1.18. The van der Waals surface area contributed by atoms with E-state index in [1.165, 1.54) is 31.4 Å². The fraction of sp³-hybridized carbons (Fsp3) is 0.143. The number of alkyl halides is 3. The highest BCUT2D eigenvalue weighted by Gasteiger charge is 2.30. The second-order valence-corrected chi connectivity index (χ2v) is 4.13. The van der Waals surface area contributed by atoms with Gasteiger partial charge in [0.2, 0.25) is 5.88 Å². The van der Waals surface area contributed by atoms with Gasteiger partial charge in [-0.3, -0.25) is 0 Å². The van der Waals surface area contributed by atoms with Crippen molar-refractivity contribution in [1.29, 1.82) is 0 Å². The van der Waals surface area contributed by atoms with Crippen LogP contribution in [0, 0.1) is 0 Å². The minimum Gasteiger partial charge on any atom is -0.481 e. The third kappa shape index (κ3) is 3.13. The van der Waals surface area contributed by atoms with Crippen molar-refractivity contribution in [2.75, 3.05) is 7.11 Å². The Balaban J connectivity index is 2.44. The van der Waals surface area contributed by atoms with E-state index in [0.717, 1.165) is 12.1 Å². The number of carbonyl (C=O) groups is 1. The SMILES string of the molecule is COc1nc(C(=O)O)ccc1-c1ccc(C(F)(F)F)cc1. The third-order valence-electron chi connectivity index (χ3n) is 2.80. The molecule has 0 bridgehead atoms. The van der Waals surface area contributed by atoms with Gasteiger partial charge < -0.3 is 9.84 Å². The number of nitrogens with zero attached hydrogens (tertiary/aromatic N) is 1. The highest BCUT2D eigenvalue weighted by Crippen LogP contribution is 2.33. The molecule has 1 aromatic heterocycles. The number of carboxylic acid groups (broad SMARTS) is 1. The Morgan fingerprint density at radius 3 is 2.24 bits per heavy atom. The molecule has 21 heavy (non-hydrogen) atoms. The maximum absolute atomic E-state index is 12.5. The molecule has 0 saturated heterocycles. The van der Waals surface area contributed by atoms with E-state index >= 15 is 0 Å². The van der Waals surface area contributed by atoms with E-state index < -0.39 is 17.7 Å². The number of aromatic nitrogens is 1. The summed E-state index contributed by atoms with van der Waals surface area (Å²) in [6.45, 7) is 0. The van der Waals surface area contributed by atoms with Crippen LogP contribution in [0.1, 0.15) is 16.1 Å². The lowest BCUT2D eigenvalue weighted by Crippen LogP contribution is -2.04. The van der Waals surface area contributed by atoms with Crippen molar-refractivity contribution in [3.63, 3.8) is 0 Å². The van der Waals surface area contributed by atoms with E-state index in [-0.39, 0.29) is 11.6 Å². The standard InChI is InChI=1S/C14H10F3NO3/c1-21-12-10(6-7-11(18-12)13(19)20)8-2-4-9(5-3-8)14(15,16)17/h2-7H,1H3,(H,19,20). The molecular weight excluding hydrogens is 287 g/mol. The minimum atomic E-state index is -4.41. The van der Waals surface area contributed by atoms with Crippen LogP contribution in [0.25, 0.3) is 11.1 Å². The van der Waals surface area contributed by atoms with Crippen molar-refractivity contribution in [3.8, 4) is 17.0 Å². The number of hydrogen-bond donors (Lipinski definition) is 1. The van der Waals surface area contributed by atoms with Gasteiger partial charge in [-0.1, -0.05) is 12.1 Å². The van der Waals surface area contributed by atoms with Crippen LogP contribution in [0.3, 0.4) is 0 Å². The Bertz CT molecular complexity index is 666. The van der Waals surface area contributed by atoms with E-state index in [9.17, 15) is 18.0 Å². The fourth-order valence-corrected chi connectivity index (χ4v) is 1.77. The van der Waals surface area contributed by atoms with Crippen LogP contribution < -0.4 is 4.74 Å². The average Bonchev–Trinajstić information content (AvgIpc) is 2.45. The zero-order valence-corrected chi connectivity index (χ0v) is 10.8. The Morgan fingerprint density at radius 1 is 1.14 bits per heavy atom. The summed E-state index contributed by atoms with van der Waals surface area (Å²) >= 11 is 0. The van der Waals surface area contributed by atoms with E-state index in [1.54, 1.807) is 0 Å². The van der Waals surface area contributed by atoms with Gasteiger partial charge in [-0.15, -0.1) is 0 Å². The molecule has 0 unspecified atom stereocenters. The van der Waals surface area contributed by atoms with Gasteiger partial charge in [0.25, 0.3) is 0 Å². The highest BCUT2D eigenvalue weighted by molar-refractivity contribution is 5.86. The topological polar surface area (TPSA) is 59.4 Å². The normalized spacial score (nSPS) is 11.2. The largest absolute Gasteiger partial charge is 0.481 e. The quantitative estimate of drug-likeness (QED) is 0.942. The molecule has 2 rings (SSSR count). The van der Waals surface area contributed by atoms with E-state index in [0.29, 0.717) is 11.1 Å². The number of carboxylic acids is 1. The first-order valence-corrected chi connectivity index (χ1v) is 5.79. The Kier molecular flexibility index (Phi) is 3.84. The maximum atomic E-state index is 12.5. The van der Waals surface area contributed by atoms with Gasteiger partial charge in [-0.25, -0.2) is 9.78 Å². The molecule has 0 atom stereocenters. The van der Waals surface area contributed by atoms with Gasteiger partial charge in [0.05, 0.1) is 12.7 Å². The molecule has 1 heterocycles. The summed E-state index contributed by atoms with van der Waals surface area (Å²) in [6, 6.07) is 7.15. The lowest BCUT2D eigenvalue weighted by Gasteiger charge is -2.10. The lowest BCUT2D eigenvalue weighted by molar-refractivity contribution is -0.137. The lowest BCUT2D eigenvalue weighted by atomic mass is 10.0. The predicted molar refractivity (Wildman–Crippen MR) is 68.2 cm³/mol. The number of methoxy groups -OCH3 is 1. The number of rotatable bonds is 3. The number of hydrogen-bond acceptors (Lipinski definition) is 3. The van der Waals surface area contributed by atoms with Crippen LogP contribution >= 0.6 is 0 Å².